The van der Waals surface area contributed by atoms with Gasteiger partial charge in [-0.25, -0.2) is 4.79 Å². The van der Waals surface area contributed by atoms with Crippen molar-refractivity contribution in [2.75, 3.05) is 5.32 Å². The molecule has 3 N–H and O–H groups in total. The quantitative estimate of drug-likeness (QED) is 0.473. The van der Waals surface area contributed by atoms with Crippen LogP contribution in [0.15, 0.2) is 42.5 Å². The summed E-state index contributed by atoms with van der Waals surface area (Å²) in [5.41, 5.74) is 4.25. The number of carbonyl (C=O) groups excluding carboxylic acids is 1. The summed E-state index contributed by atoms with van der Waals surface area (Å²) in [5.74, 6) is -1.79. The lowest BCUT2D eigenvalue weighted by Crippen LogP contribution is -2.16. The van der Waals surface area contributed by atoms with Gasteiger partial charge < -0.3 is 20.1 Å². The molecule has 0 saturated carbocycles. The average molecular weight is 442 g/mol. The van der Waals surface area contributed by atoms with E-state index in [9.17, 15) is 27.9 Å². The number of H-pyrrole nitrogens is 1. The van der Waals surface area contributed by atoms with Crippen molar-refractivity contribution in [1.82, 2.24) is 4.98 Å². The Bertz CT molecular complexity index is 1270. The van der Waals surface area contributed by atoms with Crippen molar-refractivity contribution in [2.24, 2.45) is 0 Å². The molecular weight excluding hydrogens is 425 g/mol. The van der Waals surface area contributed by atoms with Gasteiger partial charge in [0.05, 0.1) is 11.1 Å². The summed E-state index contributed by atoms with van der Waals surface area (Å²) in [6.07, 6.45) is -3.21. The molecule has 32 heavy (non-hydrogen) atoms. The molecule has 9 heteroatoms. The second-order valence-electron chi connectivity index (χ2n) is 7.28. The fraction of sp³-hybridized carbons (Fsp3) is 0.130. The predicted octanol–water partition coefficient (Wildman–Crippen LogP) is 5.39. The summed E-state index contributed by atoms with van der Waals surface area (Å²) in [6.45, 7) is 3.29. The van der Waals surface area contributed by atoms with E-state index in [4.69, 9.17) is 0 Å². The second-order valence-corrected chi connectivity index (χ2v) is 7.28. The minimum absolute atomic E-state index is 0.143. The van der Waals surface area contributed by atoms with Gasteiger partial charge in [-0.05, 0) is 54.8 Å². The van der Waals surface area contributed by atoms with Crippen LogP contribution in [0.1, 0.15) is 32.9 Å². The van der Waals surface area contributed by atoms with E-state index in [0.717, 1.165) is 0 Å². The molecule has 2 heterocycles. The van der Waals surface area contributed by atoms with E-state index in [0.29, 0.717) is 44.9 Å². The van der Waals surface area contributed by atoms with Crippen LogP contribution < -0.4 is 10.1 Å². The number of nitrogens with one attached hydrogen (secondary N) is 2. The van der Waals surface area contributed by atoms with Crippen molar-refractivity contribution < 1.29 is 32.6 Å². The van der Waals surface area contributed by atoms with E-state index in [-0.39, 0.29) is 17.2 Å². The van der Waals surface area contributed by atoms with Gasteiger partial charge >= 0.3 is 12.3 Å². The van der Waals surface area contributed by atoms with Crippen LogP contribution in [-0.2, 0) is 4.79 Å². The number of aryl methyl sites for hydroxylation is 1. The molecule has 3 aromatic rings. The van der Waals surface area contributed by atoms with Gasteiger partial charge in [0.2, 0.25) is 0 Å². The molecule has 164 valence electrons. The number of carboxylic acids is 1. The number of aromatic nitrogens is 1. The molecule has 0 radical (unpaired) electrons. The largest absolute Gasteiger partial charge is 0.573 e. The van der Waals surface area contributed by atoms with Crippen molar-refractivity contribution in [1.29, 1.82) is 0 Å². The maximum atomic E-state index is 12.7. The number of carbonyl (C=O) groups is 2. The van der Waals surface area contributed by atoms with Crippen molar-refractivity contribution >= 4 is 29.2 Å². The number of alkyl halides is 3. The Labute approximate surface area is 180 Å². The third-order valence-corrected chi connectivity index (χ3v) is 5.20. The molecule has 0 bridgehead atoms. The third kappa shape index (κ3) is 3.84. The van der Waals surface area contributed by atoms with Gasteiger partial charge in [-0.1, -0.05) is 24.3 Å². The van der Waals surface area contributed by atoms with Crippen LogP contribution in [0.4, 0.5) is 18.9 Å². The van der Waals surface area contributed by atoms with Crippen molar-refractivity contribution in [3.05, 3.63) is 70.5 Å². The number of aromatic carboxylic acids is 1. The zero-order valence-electron chi connectivity index (χ0n) is 16.9. The topological polar surface area (TPSA) is 91.4 Å². The highest BCUT2D eigenvalue weighted by Crippen LogP contribution is 2.41. The highest BCUT2D eigenvalue weighted by atomic mass is 19.4. The predicted molar refractivity (Wildman–Crippen MR) is 112 cm³/mol. The van der Waals surface area contributed by atoms with Crippen molar-refractivity contribution in [3.8, 4) is 16.9 Å². The number of ether oxygens (including phenoxy) is 1. The lowest BCUT2D eigenvalue weighted by molar-refractivity contribution is -0.274. The number of halogens is 3. The Morgan fingerprint density at radius 3 is 2.38 bits per heavy atom. The maximum Gasteiger partial charge on any atom is 0.573 e. The number of hydrogen-bond donors (Lipinski definition) is 3. The first-order chi connectivity index (χ1) is 15.0. The number of aromatic amines is 1. The van der Waals surface area contributed by atoms with E-state index in [1.807, 2.05) is 0 Å². The van der Waals surface area contributed by atoms with Gasteiger partial charge in [0.25, 0.3) is 5.91 Å². The van der Waals surface area contributed by atoms with Crippen LogP contribution in [-0.4, -0.2) is 28.3 Å². The molecule has 6 nitrogen and oxygen atoms in total. The monoisotopic (exact) mass is 442 g/mol. The fourth-order valence-corrected chi connectivity index (χ4v) is 3.85. The Morgan fingerprint density at radius 2 is 1.78 bits per heavy atom. The van der Waals surface area contributed by atoms with Crippen LogP contribution >= 0.6 is 0 Å². The highest BCUT2D eigenvalue weighted by Gasteiger charge is 2.31. The molecule has 0 aliphatic carbocycles. The van der Waals surface area contributed by atoms with Crippen molar-refractivity contribution in [2.45, 2.75) is 20.2 Å². The lowest BCUT2D eigenvalue weighted by Gasteiger charge is -2.11. The maximum absolute atomic E-state index is 12.7. The van der Waals surface area contributed by atoms with Gasteiger partial charge in [-0.2, -0.15) is 0 Å². The molecule has 0 spiro atoms. The summed E-state index contributed by atoms with van der Waals surface area (Å²) in [7, 11) is 0. The second kappa shape index (κ2) is 7.60. The number of benzene rings is 2. The van der Waals surface area contributed by atoms with Crippen LogP contribution in [0.25, 0.3) is 22.8 Å². The van der Waals surface area contributed by atoms with E-state index < -0.39 is 12.3 Å². The smallest absolute Gasteiger partial charge is 0.478 e. The Morgan fingerprint density at radius 1 is 1.09 bits per heavy atom. The highest BCUT2D eigenvalue weighted by molar-refractivity contribution is 6.36. The number of fused-ring (bicyclic) bond motifs is 1. The van der Waals surface area contributed by atoms with Crippen LogP contribution in [0.2, 0.25) is 0 Å². The first kappa shape index (κ1) is 21.2. The van der Waals surface area contributed by atoms with Crippen LogP contribution in [0.5, 0.6) is 5.75 Å². The Balaban J connectivity index is 1.80. The normalized spacial score (nSPS) is 14.4. The van der Waals surface area contributed by atoms with E-state index in [2.05, 4.69) is 15.0 Å². The number of anilines is 1. The molecular formula is C23H17F3N2O4. The molecule has 0 saturated heterocycles. The number of carboxylic acid groups (broad SMARTS) is 1. The molecule has 0 atom stereocenters. The molecule has 1 aliphatic rings. The summed E-state index contributed by atoms with van der Waals surface area (Å²) in [5, 5.41) is 12.2. The number of hydrogen-bond acceptors (Lipinski definition) is 3. The minimum atomic E-state index is -4.79. The lowest BCUT2D eigenvalue weighted by atomic mass is 9.94. The molecule has 1 amide bonds. The van der Waals surface area contributed by atoms with Crippen LogP contribution in [0, 0.1) is 13.8 Å². The summed E-state index contributed by atoms with van der Waals surface area (Å²) in [6, 6.07) is 10.6. The first-order valence-electron chi connectivity index (χ1n) is 9.50. The van der Waals surface area contributed by atoms with Gasteiger partial charge in [0.15, 0.2) is 0 Å². The zero-order valence-corrected chi connectivity index (χ0v) is 16.9. The molecule has 0 unspecified atom stereocenters. The molecule has 4 rings (SSSR count). The van der Waals surface area contributed by atoms with E-state index in [1.54, 1.807) is 38.1 Å². The van der Waals surface area contributed by atoms with Gasteiger partial charge in [0.1, 0.15) is 5.75 Å². The summed E-state index contributed by atoms with van der Waals surface area (Å²) >= 11 is 0. The molecule has 0 fully saturated rings. The SMILES string of the molecule is Cc1[nH]c(C=C2C(=O)Nc3cccc(-c4ccc(OC(F)(F)F)cc4)c32)c(C)c1C(=O)O. The van der Waals surface area contributed by atoms with Gasteiger partial charge in [-0.3, -0.25) is 4.79 Å². The Kier molecular flexibility index (Phi) is 5.04. The zero-order chi connectivity index (χ0) is 23.2. The summed E-state index contributed by atoms with van der Waals surface area (Å²) < 4.78 is 41.2. The number of rotatable bonds is 4. The standard InChI is InChI=1S/C23H17F3N2O4/c1-11-18(27-12(2)19(11)22(30)31)10-16-20-15(4-3-5-17(20)28-21(16)29)13-6-8-14(9-7-13)32-23(24,25)26/h3-10,27H,1-2H3,(H,28,29)(H,30,31). The average Bonchev–Trinajstić information content (AvgIpc) is 3.16. The minimum Gasteiger partial charge on any atom is -0.478 e. The van der Waals surface area contributed by atoms with E-state index in [1.165, 1.54) is 24.3 Å². The van der Waals surface area contributed by atoms with E-state index >= 15 is 0 Å². The summed E-state index contributed by atoms with van der Waals surface area (Å²) in [4.78, 5) is 27.2. The molecule has 2 aromatic carbocycles. The Hall–Kier alpha value is -4.01. The third-order valence-electron chi connectivity index (χ3n) is 5.20. The fourth-order valence-electron chi connectivity index (χ4n) is 3.85. The van der Waals surface area contributed by atoms with Crippen molar-refractivity contribution in [3.63, 3.8) is 0 Å². The van der Waals surface area contributed by atoms with Gasteiger partial charge in [-0.15, -0.1) is 13.2 Å². The molecule has 1 aliphatic heterocycles. The first-order valence-corrected chi connectivity index (χ1v) is 9.50. The van der Waals surface area contributed by atoms with Crippen LogP contribution in [0.3, 0.4) is 0 Å². The molecule has 1 aromatic heterocycles. The number of amides is 1. The van der Waals surface area contributed by atoms with Gasteiger partial charge in [0, 0.05) is 22.6 Å².